The number of hydrazine groups is 1. The Hall–Kier alpha value is -1.31. The third-order valence-electron chi connectivity index (χ3n) is 3.67. The molecule has 19 heavy (non-hydrogen) atoms. The molecule has 0 saturated carbocycles. The number of methoxy groups -OCH3 is 1. The fourth-order valence-electron chi connectivity index (χ4n) is 2.53. The Bertz CT molecular complexity index is 387. The molecule has 2 heterocycles. The Morgan fingerprint density at radius 2 is 2.21 bits per heavy atom. The molecular formula is C12H19N3O4. The molecule has 0 spiro atoms. The van der Waals surface area contributed by atoms with Gasteiger partial charge in [-0.2, -0.15) is 0 Å². The van der Waals surface area contributed by atoms with E-state index in [2.05, 4.69) is 5.43 Å². The molecule has 3 atom stereocenters. The molecule has 2 fully saturated rings. The first-order chi connectivity index (χ1) is 9.08. The average molecular weight is 269 g/mol. The van der Waals surface area contributed by atoms with Crippen LogP contribution in [0.25, 0.3) is 0 Å². The Morgan fingerprint density at radius 3 is 2.84 bits per heavy atom. The van der Waals surface area contributed by atoms with Gasteiger partial charge in [0, 0.05) is 13.7 Å². The first kappa shape index (κ1) is 14.1. The van der Waals surface area contributed by atoms with E-state index >= 15 is 0 Å². The predicted molar refractivity (Wildman–Crippen MR) is 65.7 cm³/mol. The van der Waals surface area contributed by atoms with Gasteiger partial charge in [0.2, 0.25) is 11.8 Å². The van der Waals surface area contributed by atoms with Gasteiger partial charge in [-0.05, 0) is 19.8 Å². The van der Waals surface area contributed by atoms with Gasteiger partial charge in [0.05, 0.1) is 12.5 Å². The van der Waals surface area contributed by atoms with E-state index in [0.717, 1.165) is 24.0 Å². The lowest BCUT2D eigenvalue weighted by Gasteiger charge is -2.25. The molecule has 0 aromatic rings. The summed E-state index contributed by atoms with van der Waals surface area (Å²) in [6.07, 6.45) is 2.10. The van der Waals surface area contributed by atoms with E-state index in [4.69, 9.17) is 4.74 Å². The van der Waals surface area contributed by atoms with Crippen molar-refractivity contribution < 1.29 is 19.1 Å². The molecule has 7 heteroatoms. The summed E-state index contributed by atoms with van der Waals surface area (Å²) >= 11 is 0. The molecule has 0 bridgehead atoms. The van der Waals surface area contributed by atoms with Gasteiger partial charge in [-0.25, -0.2) is 10.4 Å². The Labute approximate surface area is 111 Å². The fourth-order valence-corrected chi connectivity index (χ4v) is 2.53. The van der Waals surface area contributed by atoms with Crippen LogP contribution in [0.5, 0.6) is 0 Å². The van der Waals surface area contributed by atoms with E-state index in [9.17, 15) is 14.4 Å². The minimum atomic E-state index is -0.592. The second kappa shape index (κ2) is 5.77. The lowest BCUT2D eigenvalue weighted by molar-refractivity contribution is -0.151. The van der Waals surface area contributed by atoms with Gasteiger partial charge >= 0.3 is 0 Å². The van der Waals surface area contributed by atoms with E-state index in [1.54, 1.807) is 11.9 Å². The summed E-state index contributed by atoms with van der Waals surface area (Å²) in [6.45, 7) is 2.36. The van der Waals surface area contributed by atoms with Crippen molar-refractivity contribution in [1.82, 2.24) is 15.3 Å². The van der Waals surface area contributed by atoms with Crippen LogP contribution in [0.3, 0.4) is 0 Å². The molecule has 2 unspecified atom stereocenters. The number of carbonyl (C=O) groups excluding carboxylic acids is 3. The third-order valence-corrected chi connectivity index (χ3v) is 3.67. The highest BCUT2D eigenvalue weighted by molar-refractivity contribution is 6.05. The van der Waals surface area contributed by atoms with Gasteiger partial charge in [0.25, 0.3) is 0 Å². The number of rotatable bonds is 5. The number of nitrogens with zero attached hydrogens (tertiary/aromatic N) is 2. The van der Waals surface area contributed by atoms with Crippen molar-refractivity contribution in [3.05, 3.63) is 0 Å². The van der Waals surface area contributed by atoms with Crippen LogP contribution in [0.1, 0.15) is 26.2 Å². The van der Waals surface area contributed by atoms with Crippen molar-refractivity contribution in [3.8, 4) is 0 Å². The molecule has 2 aliphatic rings. The SMILES string of the molecule is COC(C)N1C(=O)CC(NN2CCC[C@H]2C=O)C1=O. The number of amides is 2. The van der Waals surface area contributed by atoms with Crippen molar-refractivity contribution >= 4 is 18.1 Å². The first-order valence-corrected chi connectivity index (χ1v) is 6.45. The standard InChI is InChI=1S/C12H19N3O4/c1-8(19-2)15-11(17)6-10(12(15)18)13-14-5-3-4-9(14)7-16/h7-10,13H,3-6H2,1-2H3/t8?,9-,10?/m0/s1. The van der Waals surface area contributed by atoms with E-state index in [0.29, 0.717) is 6.54 Å². The molecule has 2 rings (SSSR count). The summed E-state index contributed by atoms with van der Waals surface area (Å²) in [7, 11) is 1.45. The number of carbonyl (C=O) groups is 3. The maximum Gasteiger partial charge on any atom is 0.250 e. The summed E-state index contributed by atoms with van der Waals surface area (Å²) in [5.74, 6) is -0.547. The van der Waals surface area contributed by atoms with Crippen molar-refractivity contribution in [1.29, 1.82) is 0 Å². The highest BCUT2D eigenvalue weighted by Gasteiger charge is 2.42. The van der Waals surface area contributed by atoms with Crippen LogP contribution in [0.2, 0.25) is 0 Å². The second-order valence-electron chi connectivity index (χ2n) is 4.86. The summed E-state index contributed by atoms with van der Waals surface area (Å²) in [5, 5.41) is 1.75. The molecule has 2 aliphatic heterocycles. The molecule has 0 radical (unpaired) electrons. The minimum absolute atomic E-state index is 0.106. The van der Waals surface area contributed by atoms with E-state index in [1.165, 1.54) is 7.11 Å². The number of hydrogen-bond donors (Lipinski definition) is 1. The van der Waals surface area contributed by atoms with Gasteiger partial charge < -0.3 is 9.53 Å². The van der Waals surface area contributed by atoms with Crippen LogP contribution in [-0.2, 0) is 19.1 Å². The molecular weight excluding hydrogens is 250 g/mol. The van der Waals surface area contributed by atoms with E-state index in [-0.39, 0.29) is 24.3 Å². The quantitative estimate of drug-likeness (QED) is 0.524. The van der Waals surface area contributed by atoms with E-state index in [1.807, 2.05) is 0 Å². The first-order valence-electron chi connectivity index (χ1n) is 6.45. The smallest absolute Gasteiger partial charge is 0.250 e. The van der Waals surface area contributed by atoms with Crippen LogP contribution in [0, 0.1) is 0 Å². The second-order valence-corrected chi connectivity index (χ2v) is 4.86. The third kappa shape index (κ3) is 2.68. The molecule has 0 aromatic carbocycles. The number of hydrogen-bond acceptors (Lipinski definition) is 6. The number of nitrogens with one attached hydrogen (secondary N) is 1. The van der Waals surface area contributed by atoms with Gasteiger partial charge in [0.15, 0.2) is 0 Å². The predicted octanol–water partition coefficient (Wildman–Crippen LogP) is -0.726. The summed E-state index contributed by atoms with van der Waals surface area (Å²) in [5.41, 5.74) is 3.00. The highest BCUT2D eigenvalue weighted by atomic mass is 16.5. The molecule has 0 aromatic heterocycles. The minimum Gasteiger partial charge on any atom is -0.361 e. The summed E-state index contributed by atoms with van der Waals surface area (Å²) < 4.78 is 5.02. The Kier molecular flexibility index (Phi) is 4.28. The Balaban J connectivity index is 2.01. The van der Waals surface area contributed by atoms with Crippen LogP contribution < -0.4 is 5.43 Å². The van der Waals surface area contributed by atoms with E-state index < -0.39 is 12.3 Å². The largest absolute Gasteiger partial charge is 0.361 e. The Morgan fingerprint density at radius 1 is 1.47 bits per heavy atom. The van der Waals surface area contributed by atoms with Crippen LogP contribution in [0.15, 0.2) is 0 Å². The topological polar surface area (TPSA) is 79.0 Å². The number of aldehydes is 1. The highest BCUT2D eigenvalue weighted by Crippen LogP contribution is 2.19. The molecule has 2 amide bonds. The van der Waals surface area contributed by atoms with Gasteiger partial charge in [-0.1, -0.05) is 0 Å². The molecule has 106 valence electrons. The van der Waals surface area contributed by atoms with Gasteiger partial charge in [0.1, 0.15) is 18.6 Å². The van der Waals surface area contributed by atoms with Crippen molar-refractivity contribution in [3.63, 3.8) is 0 Å². The number of ether oxygens (including phenoxy) is 1. The number of likely N-dealkylation sites (tertiary alicyclic amines) is 1. The normalized spacial score (nSPS) is 30.1. The maximum absolute atomic E-state index is 12.1. The molecule has 1 N–H and O–H groups in total. The van der Waals surface area contributed by atoms with Crippen LogP contribution in [-0.4, -0.2) is 60.0 Å². The van der Waals surface area contributed by atoms with Crippen molar-refractivity contribution in [2.45, 2.75) is 44.5 Å². The summed E-state index contributed by atoms with van der Waals surface area (Å²) in [6, 6.07) is -0.803. The lowest BCUT2D eigenvalue weighted by atomic mass is 10.2. The summed E-state index contributed by atoms with van der Waals surface area (Å²) in [4.78, 5) is 36.0. The van der Waals surface area contributed by atoms with Gasteiger partial charge in [-0.3, -0.25) is 14.5 Å². The molecule has 0 aliphatic carbocycles. The van der Waals surface area contributed by atoms with Crippen LogP contribution >= 0.6 is 0 Å². The zero-order valence-corrected chi connectivity index (χ0v) is 11.2. The lowest BCUT2D eigenvalue weighted by Crippen LogP contribution is -2.51. The van der Waals surface area contributed by atoms with Crippen molar-refractivity contribution in [2.24, 2.45) is 0 Å². The van der Waals surface area contributed by atoms with Gasteiger partial charge in [-0.15, -0.1) is 0 Å². The fraction of sp³-hybridized carbons (Fsp3) is 0.750. The van der Waals surface area contributed by atoms with Crippen LogP contribution in [0.4, 0.5) is 0 Å². The van der Waals surface area contributed by atoms with Crippen molar-refractivity contribution in [2.75, 3.05) is 13.7 Å². The average Bonchev–Trinajstić information content (AvgIpc) is 2.94. The molecule has 2 saturated heterocycles. The number of imide groups is 1. The monoisotopic (exact) mass is 269 g/mol. The molecule has 7 nitrogen and oxygen atoms in total. The zero-order valence-electron chi connectivity index (χ0n) is 11.2. The maximum atomic E-state index is 12.1. The zero-order chi connectivity index (χ0) is 14.0.